The molecule has 0 fully saturated rings. The average molecular weight is 267 g/mol. The Balaban J connectivity index is 1.91. The lowest BCUT2D eigenvalue weighted by Crippen LogP contribution is -2.14. The highest BCUT2D eigenvalue weighted by Gasteiger charge is 2.03. The maximum absolute atomic E-state index is 8.75. The summed E-state index contributed by atoms with van der Waals surface area (Å²) in [4.78, 5) is 4.22. The van der Waals surface area contributed by atoms with Gasteiger partial charge in [-0.3, -0.25) is 0 Å². The van der Waals surface area contributed by atoms with Gasteiger partial charge in [0.1, 0.15) is 0 Å². The molecule has 1 heterocycles. The van der Waals surface area contributed by atoms with E-state index in [-0.39, 0.29) is 0 Å². The van der Waals surface area contributed by atoms with Crippen molar-refractivity contribution in [2.24, 2.45) is 0 Å². The van der Waals surface area contributed by atoms with Crippen molar-refractivity contribution in [1.29, 1.82) is 5.26 Å². The van der Waals surface area contributed by atoms with Crippen molar-refractivity contribution in [3.05, 3.63) is 59.3 Å². The van der Waals surface area contributed by atoms with Crippen molar-refractivity contribution in [1.82, 2.24) is 10.3 Å². The van der Waals surface area contributed by atoms with Crippen LogP contribution in [0.1, 0.15) is 23.6 Å². The molecule has 0 radical (unpaired) electrons. The molecule has 1 aromatic heterocycles. The van der Waals surface area contributed by atoms with Crippen molar-refractivity contribution in [2.75, 3.05) is 6.61 Å². The Morgan fingerprint density at radius 2 is 2.00 bits per heavy atom. The lowest BCUT2D eigenvalue weighted by molar-refractivity contribution is 0.322. The fourth-order valence-corrected chi connectivity index (χ4v) is 1.86. The van der Waals surface area contributed by atoms with Gasteiger partial charge in [0.25, 0.3) is 0 Å². The molecule has 4 heteroatoms. The molecule has 0 unspecified atom stereocenters. The van der Waals surface area contributed by atoms with E-state index in [2.05, 4.69) is 16.4 Å². The van der Waals surface area contributed by atoms with Crippen LogP contribution in [0.25, 0.3) is 0 Å². The number of nitriles is 1. The number of ether oxygens (including phenoxy) is 1. The highest BCUT2D eigenvalue weighted by Crippen LogP contribution is 2.14. The second-order valence-corrected chi connectivity index (χ2v) is 4.31. The second-order valence-electron chi connectivity index (χ2n) is 4.31. The molecule has 0 atom stereocenters. The quantitative estimate of drug-likeness (QED) is 0.874. The summed E-state index contributed by atoms with van der Waals surface area (Å²) in [5, 5.41) is 12.1. The fourth-order valence-electron chi connectivity index (χ4n) is 1.86. The van der Waals surface area contributed by atoms with Gasteiger partial charge in [-0.1, -0.05) is 18.2 Å². The Morgan fingerprint density at radius 3 is 2.70 bits per heavy atom. The largest absolute Gasteiger partial charge is 0.478 e. The van der Waals surface area contributed by atoms with Gasteiger partial charge in [-0.25, -0.2) is 4.98 Å². The first kappa shape index (κ1) is 14.0. The van der Waals surface area contributed by atoms with E-state index < -0.39 is 0 Å². The van der Waals surface area contributed by atoms with Crippen LogP contribution in [0.3, 0.4) is 0 Å². The number of hydrogen-bond donors (Lipinski definition) is 1. The maximum Gasteiger partial charge on any atom is 0.217 e. The van der Waals surface area contributed by atoms with E-state index >= 15 is 0 Å². The van der Waals surface area contributed by atoms with E-state index in [9.17, 15) is 0 Å². The molecule has 0 aliphatic rings. The summed E-state index contributed by atoms with van der Waals surface area (Å²) in [6.07, 6.45) is 1.73. The van der Waals surface area contributed by atoms with Crippen molar-refractivity contribution < 1.29 is 4.74 Å². The van der Waals surface area contributed by atoms with E-state index in [0.29, 0.717) is 24.6 Å². The molecule has 2 rings (SSSR count). The first-order valence-electron chi connectivity index (χ1n) is 6.60. The minimum Gasteiger partial charge on any atom is -0.478 e. The third kappa shape index (κ3) is 3.81. The van der Waals surface area contributed by atoms with Crippen LogP contribution >= 0.6 is 0 Å². The van der Waals surface area contributed by atoms with Crippen molar-refractivity contribution in [3.8, 4) is 11.9 Å². The van der Waals surface area contributed by atoms with Crippen LogP contribution in [-0.4, -0.2) is 11.6 Å². The molecule has 0 saturated heterocycles. The summed E-state index contributed by atoms with van der Waals surface area (Å²) >= 11 is 0. The van der Waals surface area contributed by atoms with Crippen molar-refractivity contribution >= 4 is 0 Å². The van der Waals surface area contributed by atoms with Gasteiger partial charge in [0.2, 0.25) is 5.88 Å². The zero-order chi connectivity index (χ0) is 14.2. The molecule has 0 amide bonds. The summed E-state index contributed by atoms with van der Waals surface area (Å²) in [6.45, 7) is 4.00. The van der Waals surface area contributed by atoms with E-state index in [1.807, 2.05) is 43.3 Å². The van der Waals surface area contributed by atoms with E-state index in [1.54, 1.807) is 6.20 Å². The Labute approximate surface area is 119 Å². The molecule has 2 aromatic rings. The van der Waals surface area contributed by atoms with Crippen LogP contribution in [-0.2, 0) is 13.1 Å². The molecule has 4 nitrogen and oxygen atoms in total. The lowest BCUT2D eigenvalue weighted by atomic mass is 10.1. The molecule has 0 aliphatic carbocycles. The van der Waals surface area contributed by atoms with Crippen LogP contribution in [0, 0.1) is 11.3 Å². The molecular weight excluding hydrogens is 250 g/mol. The van der Waals surface area contributed by atoms with E-state index in [1.165, 1.54) is 0 Å². The second kappa shape index (κ2) is 7.27. The molecule has 1 aromatic carbocycles. The molecule has 0 spiro atoms. The zero-order valence-electron chi connectivity index (χ0n) is 11.5. The van der Waals surface area contributed by atoms with Gasteiger partial charge in [0.15, 0.2) is 0 Å². The Kier molecular flexibility index (Phi) is 5.10. The van der Waals surface area contributed by atoms with Crippen LogP contribution < -0.4 is 10.1 Å². The van der Waals surface area contributed by atoms with Gasteiger partial charge in [-0.2, -0.15) is 5.26 Å². The van der Waals surface area contributed by atoms with Crippen LogP contribution in [0.15, 0.2) is 42.6 Å². The Bertz CT molecular complexity index is 587. The van der Waals surface area contributed by atoms with Gasteiger partial charge in [-0.15, -0.1) is 0 Å². The highest BCUT2D eigenvalue weighted by molar-refractivity contribution is 5.31. The van der Waals surface area contributed by atoms with E-state index in [4.69, 9.17) is 10.00 Å². The van der Waals surface area contributed by atoms with Gasteiger partial charge < -0.3 is 10.1 Å². The molecular formula is C16H17N3O. The average Bonchev–Trinajstić information content (AvgIpc) is 2.50. The van der Waals surface area contributed by atoms with Crippen molar-refractivity contribution in [2.45, 2.75) is 20.0 Å². The normalized spacial score (nSPS) is 10.0. The number of rotatable bonds is 6. The number of nitrogens with one attached hydrogen (secondary N) is 1. The number of benzene rings is 1. The standard InChI is InChI=1S/C16H17N3O/c1-2-20-16-15(4-3-9-19-16)12-18-11-14-7-5-13(10-17)6-8-14/h3-9,18H,2,11-12H2,1H3. The molecule has 0 aliphatic heterocycles. The van der Waals surface area contributed by atoms with Crippen LogP contribution in [0.4, 0.5) is 0 Å². The van der Waals surface area contributed by atoms with Crippen molar-refractivity contribution in [3.63, 3.8) is 0 Å². The van der Waals surface area contributed by atoms with Crippen LogP contribution in [0.2, 0.25) is 0 Å². The first-order valence-corrected chi connectivity index (χ1v) is 6.60. The molecule has 0 saturated carbocycles. The SMILES string of the molecule is CCOc1ncccc1CNCc1ccc(C#N)cc1. The van der Waals surface area contributed by atoms with Crippen LogP contribution in [0.5, 0.6) is 5.88 Å². The fraction of sp³-hybridized carbons (Fsp3) is 0.250. The third-order valence-electron chi connectivity index (χ3n) is 2.86. The minimum atomic E-state index is 0.611. The first-order chi connectivity index (χ1) is 9.83. The monoisotopic (exact) mass is 267 g/mol. The lowest BCUT2D eigenvalue weighted by Gasteiger charge is -2.09. The molecule has 1 N–H and O–H groups in total. The number of hydrogen-bond acceptors (Lipinski definition) is 4. The van der Waals surface area contributed by atoms with E-state index in [0.717, 1.165) is 17.7 Å². The summed E-state index contributed by atoms with van der Waals surface area (Å²) in [5.74, 6) is 0.683. The molecule has 0 bridgehead atoms. The topological polar surface area (TPSA) is 57.9 Å². The van der Waals surface area contributed by atoms with Gasteiger partial charge in [-0.05, 0) is 30.7 Å². The number of aromatic nitrogens is 1. The summed E-state index contributed by atoms with van der Waals surface area (Å²) in [7, 11) is 0. The summed E-state index contributed by atoms with van der Waals surface area (Å²) in [6, 6.07) is 13.6. The Morgan fingerprint density at radius 1 is 1.20 bits per heavy atom. The minimum absolute atomic E-state index is 0.611. The predicted octanol–water partition coefficient (Wildman–Crippen LogP) is 2.64. The van der Waals surface area contributed by atoms with Gasteiger partial charge in [0.05, 0.1) is 18.2 Å². The zero-order valence-corrected chi connectivity index (χ0v) is 11.5. The van der Waals surface area contributed by atoms with Gasteiger partial charge in [0, 0.05) is 24.8 Å². The number of nitrogens with zero attached hydrogens (tertiary/aromatic N) is 2. The predicted molar refractivity (Wildman–Crippen MR) is 77.1 cm³/mol. The molecule has 102 valence electrons. The highest BCUT2D eigenvalue weighted by atomic mass is 16.5. The summed E-state index contributed by atoms with van der Waals surface area (Å²) in [5.41, 5.74) is 2.87. The number of pyridine rings is 1. The molecule has 20 heavy (non-hydrogen) atoms. The van der Waals surface area contributed by atoms with Gasteiger partial charge >= 0.3 is 0 Å². The smallest absolute Gasteiger partial charge is 0.217 e. The Hall–Kier alpha value is -2.38. The summed E-state index contributed by atoms with van der Waals surface area (Å²) < 4.78 is 5.48. The maximum atomic E-state index is 8.75. The third-order valence-corrected chi connectivity index (χ3v) is 2.86.